The molecule has 16 heavy (non-hydrogen) atoms. The topological polar surface area (TPSA) is 54.5 Å². The van der Waals surface area contributed by atoms with Gasteiger partial charge in [-0.3, -0.25) is 0 Å². The van der Waals surface area contributed by atoms with Gasteiger partial charge in [0.1, 0.15) is 0 Å². The summed E-state index contributed by atoms with van der Waals surface area (Å²) in [6.45, 7) is 3.56. The quantitative estimate of drug-likeness (QED) is 0.489. The number of anilines is 1. The van der Waals surface area contributed by atoms with Crippen LogP contribution in [0.4, 0.5) is 14.6 Å². The fraction of sp³-hybridized carbons (Fsp3) is 0.400. The highest BCUT2D eigenvalue weighted by molar-refractivity contribution is 5.59. The predicted molar refractivity (Wildman–Crippen MR) is 59.4 cm³/mol. The van der Waals surface area contributed by atoms with Crippen LogP contribution in [0.5, 0.6) is 0 Å². The molecule has 4 nitrogen and oxygen atoms in total. The van der Waals surface area contributed by atoms with Crippen LogP contribution in [-0.4, -0.2) is 11.2 Å². The van der Waals surface area contributed by atoms with Gasteiger partial charge in [0, 0.05) is 12.4 Å². The molecular formula is C10H14F2N4. The molecule has 88 valence electrons. The van der Waals surface area contributed by atoms with Crippen LogP contribution in [0.25, 0.3) is 0 Å². The van der Waals surface area contributed by atoms with E-state index in [9.17, 15) is 8.78 Å². The average Bonchev–Trinajstić information content (AvgIpc) is 2.25. The maximum Gasteiger partial charge on any atom is 0.267 e. The van der Waals surface area contributed by atoms with E-state index in [1.54, 1.807) is 6.92 Å². The van der Waals surface area contributed by atoms with E-state index < -0.39 is 6.43 Å². The van der Waals surface area contributed by atoms with Crippen LogP contribution in [-0.2, 0) is 0 Å². The molecule has 0 saturated carbocycles. The Morgan fingerprint density at radius 1 is 1.62 bits per heavy atom. The maximum absolute atomic E-state index is 12.7. The fourth-order valence-electron chi connectivity index (χ4n) is 1.16. The molecule has 0 aliphatic heterocycles. The van der Waals surface area contributed by atoms with Crippen LogP contribution in [0.15, 0.2) is 17.4 Å². The highest BCUT2D eigenvalue weighted by Gasteiger charge is 2.17. The number of alkyl halides is 2. The molecule has 1 aromatic rings. The Kier molecular flexibility index (Phi) is 4.30. The van der Waals surface area contributed by atoms with Gasteiger partial charge in [-0.05, 0) is 25.0 Å². The van der Waals surface area contributed by atoms with E-state index >= 15 is 0 Å². The third-order valence-electron chi connectivity index (χ3n) is 1.87. The fourth-order valence-corrected chi connectivity index (χ4v) is 1.16. The van der Waals surface area contributed by atoms with E-state index in [2.05, 4.69) is 10.1 Å². The van der Waals surface area contributed by atoms with Crippen LogP contribution in [0.2, 0.25) is 0 Å². The summed E-state index contributed by atoms with van der Waals surface area (Å²) in [4.78, 5) is 3.86. The average molecular weight is 228 g/mol. The smallest absolute Gasteiger partial charge is 0.235 e. The third-order valence-corrected chi connectivity index (χ3v) is 1.87. The largest absolute Gasteiger partial charge is 0.267 e. The Morgan fingerprint density at radius 3 is 2.88 bits per heavy atom. The SMILES string of the molecule is CC/C=N\N(N)c1ncc(C)cc1C(F)F. The van der Waals surface area contributed by atoms with Gasteiger partial charge in [-0.1, -0.05) is 6.92 Å². The highest BCUT2D eigenvalue weighted by Crippen LogP contribution is 2.27. The molecule has 0 saturated heterocycles. The molecule has 0 spiro atoms. The zero-order valence-corrected chi connectivity index (χ0v) is 9.19. The molecule has 0 unspecified atom stereocenters. The van der Waals surface area contributed by atoms with Crippen molar-refractivity contribution in [2.24, 2.45) is 10.9 Å². The Balaban J connectivity index is 3.07. The number of hydrazone groups is 1. The predicted octanol–water partition coefficient (Wildman–Crippen LogP) is 2.40. The molecule has 0 aliphatic carbocycles. The minimum Gasteiger partial charge on any atom is -0.235 e. The number of halogens is 2. The number of hydrogen-bond donors (Lipinski definition) is 1. The molecule has 1 heterocycles. The van der Waals surface area contributed by atoms with E-state index in [0.29, 0.717) is 12.0 Å². The monoisotopic (exact) mass is 228 g/mol. The van der Waals surface area contributed by atoms with Gasteiger partial charge in [0.05, 0.1) is 5.56 Å². The van der Waals surface area contributed by atoms with Gasteiger partial charge in [-0.25, -0.2) is 19.6 Å². The first kappa shape index (κ1) is 12.5. The van der Waals surface area contributed by atoms with Gasteiger partial charge in [0.25, 0.3) is 6.43 Å². The number of nitrogens with two attached hydrogens (primary N) is 1. The van der Waals surface area contributed by atoms with Crippen molar-refractivity contribution in [3.05, 3.63) is 23.4 Å². The summed E-state index contributed by atoms with van der Waals surface area (Å²) in [5.41, 5.74) is 0.447. The molecular weight excluding hydrogens is 214 g/mol. The van der Waals surface area contributed by atoms with Crippen molar-refractivity contribution in [2.75, 3.05) is 5.12 Å². The van der Waals surface area contributed by atoms with Gasteiger partial charge in [0.15, 0.2) is 5.82 Å². The molecule has 0 aliphatic rings. The van der Waals surface area contributed by atoms with E-state index in [1.807, 2.05) is 6.92 Å². The maximum atomic E-state index is 12.7. The van der Waals surface area contributed by atoms with Gasteiger partial charge in [-0.2, -0.15) is 10.2 Å². The van der Waals surface area contributed by atoms with Crippen molar-refractivity contribution >= 4 is 12.0 Å². The summed E-state index contributed by atoms with van der Waals surface area (Å²) in [6.07, 6.45) is 1.05. The second kappa shape index (κ2) is 5.50. The minimum absolute atomic E-state index is 0.0229. The minimum atomic E-state index is -2.62. The van der Waals surface area contributed by atoms with Crippen LogP contribution in [0, 0.1) is 6.92 Å². The first-order chi connectivity index (χ1) is 7.56. The van der Waals surface area contributed by atoms with Crippen LogP contribution in [0.3, 0.4) is 0 Å². The standard InChI is InChI=1S/C10H14F2N4/c1-3-4-15-16(13)10-8(9(11)12)5-7(2)6-14-10/h4-6,9H,3,13H2,1-2H3/b15-4-. The first-order valence-electron chi connectivity index (χ1n) is 4.88. The lowest BCUT2D eigenvalue weighted by Gasteiger charge is -2.15. The normalized spacial score (nSPS) is 11.4. The summed E-state index contributed by atoms with van der Waals surface area (Å²) in [6, 6.07) is 1.36. The first-order valence-corrected chi connectivity index (χ1v) is 4.88. The number of pyridine rings is 1. The molecule has 6 heteroatoms. The molecule has 1 rings (SSSR count). The van der Waals surface area contributed by atoms with E-state index in [4.69, 9.17) is 5.84 Å². The second-order valence-electron chi connectivity index (χ2n) is 3.28. The molecule has 0 radical (unpaired) electrons. The van der Waals surface area contributed by atoms with Crippen molar-refractivity contribution in [3.63, 3.8) is 0 Å². The lowest BCUT2D eigenvalue weighted by Crippen LogP contribution is -2.27. The number of hydrogen-bond acceptors (Lipinski definition) is 4. The van der Waals surface area contributed by atoms with Gasteiger partial charge in [-0.15, -0.1) is 0 Å². The molecule has 0 atom stereocenters. The number of aromatic nitrogens is 1. The number of aryl methyl sites for hydroxylation is 1. The molecule has 0 fully saturated rings. The lowest BCUT2D eigenvalue weighted by atomic mass is 10.2. The summed E-state index contributed by atoms with van der Waals surface area (Å²) in [5, 5.41) is 4.64. The van der Waals surface area contributed by atoms with E-state index in [1.165, 1.54) is 18.5 Å². The summed E-state index contributed by atoms with van der Waals surface area (Å²) < 4.78 is 25.4. The Bertz CT molecular complexity index is 379. The van der Waals surface area contributed by atoms with E-state index in [-0.39, 0.29) is 11.4 Å². The van der Waals surface area contributed by atoms with Crippen molar-refractivity contribution in [3.8, 4) is 0 Å². The second-order valence-corrected chi connectivity index (χ2v) is 3.28. The summed E-state index contributed by atoms with van der Waals surface area (Å²) in [7, 11) is 0. The summed E-state index contributed by atoms with van der Waals surface area (Å²) >= 11 is 0. The molecule has 0 bridgehead atoms. The van der Waals surface area contributed by atoms with Crippen LogP contribution < -0.4 is 11.0 Å². The number of hydrazine groups is 1. The third kappa shape index (κ3) is 2.96. The van der Waals surface area contributed by atoms with Crippen LogP contribution >= 0.6 is 0 Å². The summed E-state index contributed by atoms with van der Waals surface area (Å²) in [5.74, 6) is 5.49. The van der Waals surface area contributed by atoms with Crippen LogP contribution in [0.1, 0.15) is 30.9 Å². The zero-order valence-electron chi connectivity index (χ0n) is 9.19. The Morgan fingerprint density at radius 2 is 2.31 bits per heavy atom. The lowest BCUT2D eigenvalue weighted by molar-refractivity contribution is 0.151. The van der Waals surface area contributed by atoms with Gasteiger partial charge < -0.3 is 0 Å². The molecule has 0 aromatic carbocycles. The van der Waals surface area contributed by atoms with Crippen molar-refractivity contribution in [1.29, 1.82) is 0 Å². The zero-order chi connectivity index (χ0) is 12.1. The Labute approximate surface area is 92.7 Å². The van der Waals surface area contributed by atoms with E-state index in [0.717, 1.165) is 5.12 Å². The number of rotatable bonds is 4. The molecule has 1 aromatic heterocycles. The van der Waals surface area contributed by atoms with Crippen molar-refractivity contribution in [2.45, 2.75) is 26.7 Å². The molecule has 2 N–H and O–H groups in total. The highest BCUT2D eigenvalue weighted by atomic mass is 19.3. The molecule has 0 amide bonds. The van der Waals surface area contributed by atoms with Gasteiger partial charge >= 0.3 is 0 Å². The Hall–Kier alpha value is -1.56. The number of nitrogens with zero attached hydrogens (tertiary/aromatic N) is 3. The van der Waals surface area contributed by atoms with Crippen molar-refractivity contribution in [1.82, 2.24) is 4.98 Å². The van der Waals surface area contributed by atoms with Gasteiger partial charge in [0.2, 0.25) is 0 Å². The van der Waals surface area contributed by atoms with Crippen molar-refractivity contribution < 1.29 is 8.78 Å².